The van der Waals surface area contributed by atoms with Gasteiger partial charge in [0, 0.05) is 11.3 Å². The zero-order valence-corrected chi connectivity index (χ0v) is 9.35. The molecule has 0 aliphatic heterocycles. The monoisotopic (exact) mass is 246 g/mol. The molecule has 2 rings (SSSR count). The van der Waals surface area contributed by atoms with Gasteiger partial charge in [-0.05, 0) is 42.5 Å². The number of anilines is 2. The number of phenols is 1. The molecule has 2 aromatic rings. The highest BCUT2D eigenvalue weighted by Gasteiger charge is 2.07. The van der Waals surface area contributed by atoms with Crippen molar-refractivity contribution < 1.29 is 14.3 Å². The van der Waals surface area contributed by atoms with E-state index in [0.29, 0.717) is 11.3 Å². The van der Waals surface area contributed by atoms with Crippen molar-refractivity contribution in [1.82, 2.24) is 0 Å². The molecule has 0 radical (unpaired) electrons. The minimum atomic E-state index is -0.585. The summed E-state index contributed by atoms with van der Waals surface area (Å²) in [7, 11) is 0. The number of nitrogens with two attached hydrogens (primary N) is 1. The number of rotatable bonds is 2. The van der Waals surface area contributed by atoms with Crippen LogP contribution in [-0.2, 0) is 0 Å². The molecular formula is C13H11FN2O2. The normalized spacial score (nSPS) is 10.1. The Kier molecular flexibility index (Phi) is 3.14. The van der Waals surface area contributed by atoms with Gasteiger partial charge in [0.1, 0.15) is 11.6 Å². The second-order valence-electron chi connectivity index (χ2n) is 3.74. The van der Waals surface area contributed by atoms with Crippen LogP contribution in [0.3, 0.4) is 0 Å². The van der Waals surface area contributed by atoms with Gasteiger partial charge in [-0.15, -0.1) is 0 Å². The fourth-order valence-corrected chi connectivity index (χ4v) is 1.42. The number of aromatic hydroxyl groups is 1. The van der Waals surface area contributed by atoms with Crippen LogP contribution >= 0.6 is 0 Å². The van der Waals surface area contributed by atoms with E-state index in [1.165, 1.54) is 36.4 Å². The van der Waals surface area contributed by atoms with Crippen LogP contribution in [0.4, 0.5) is 15.8 Å². The van der Waals surface area contributed by atoms with Crippen molar-refractivity contribution in [1.29, 1.82) is 0 Å². The molecule has 2 aromatic carbocycles. The first-order valence-electron chi connectivity index (χ1n) is 5.21. The van der Waals surface area contributed by atoms with Gasteiger partial charge in [0.2, 0.25) is 0 Å². The van der Waals surface area contributed by atoms with Crippen molar-refractivity contribution in [3.63, 3.8) is 0 Å². The van der Waals surface area contributed by atoms with Gasteiger partial charge in [-0.25, -0.2) is 4.39 Å². The van der Waals surface area contributed by atoms with Gasteiger partial charge in [0.25, 0.3) is 5.91 Å². The lowest BCUT2D eigenvalue weighted by Crippen LogP contribution is -2.11. The van der Waals surface area contributed by atoms with Crippen molar-refractivity contribution in [2.24, 2.45) is 0 Å². The van der Waals surface area contributed by atoms with Gasteiger partial charge in [-0.1, -0.05) is 0 Å². The van der Waals surface area contributed by atoms with Crippen molar-refractivity contribution in [3.8, 4) is 5.75 Å². The van der Waals surface area contributed by atoms with Crippen molar-refractivity contribution in [3.05, 3.63) is 53.8 Å². The predicted molar refractivity (Wildman–Crippen MR) is 66.9 cm³/mol. The summed E-state index contributed by atoms with van der Waals surface area (Å²) >= 11 is 0. The van der Waals surface area contributed by atoms with Crippen LogP contribution in [0, 0.1) is 5.82 Å². The van der Waals surface area contributed by atoms with Crippen LogP contribution in [0.2, 0.25) is 0 Å². The molecule has 0 saturated carbocycles. The Morgan fingerprint density at radius 2 is 1.83 bits per heavy atom. The van der Waals surface area contributed by atoms with Crippen molar-refractivity contribution in [2.75, 3.05) is 11.1 Å². The topological polar surface area (TPSA) is 75.3 Å². The Morgan fingerprint density at radius 1 is 1.17 bits per heavy atom. The smallest absolute Gasteiger partial charge is 0.255 e. The number of carbonyl (C=O) groups is 1. The molecule has 4 N–H and O–H groups in total. The van der Waals surface area contributed by atoms with Crippen LogP contribution < -0.4 is 11.1 Å². The molecule has 5 heteroatoms. The number of phenolic OH excluding ortho intramolecular Hbond substituents is 1. The molecule has 1 amide bonds. The summed E-state index contributed by atoms with van der Waals surface area (Å²) in [5, 5.41) is 11.6. The summed E-state index contributed by atoms with van der Waals surface area (Å²) in [6.07, 6.45) is 0. The van der Waals surface area contributed by atoms with Gasteiger partial charge in [-0.3, -0.25) is 4.79 Å². The molecule has 0 spiro atoms. The zero-order chi connectivity index (χ0) is 13.1. The Labute approximate surface area is 103 Å². The summed E-state index contributed by atoms with van der Waals surface area (Å²) in [6, 6.07) is 9.78. The number of benzene rings is 2. The molecule has 18 heavy (non-hydrogen) atoms. The first-order valence-corrected chi connectivity index (χ1v) is 5.21. The van der Waals surface area contributed by atoms with Crippen LogP contribution in [0.15, 0.2) is 42.5 Å². The second kappa shape index (κ2) is 4.75. The lowest BCUT2D eigenvalue weighted by atomic mass is 10.2. The highest BCUT2D eigenvalue weighted by molar-refractivity contribution is 6.04. The molecule has 0 aliphatic rings. The van der Waals surface area contributed by atoms with Gasteiger partial charge in [0.15, 0.2) is 0 Å². The number of nitrogen functional groups attached to an aromatic ring is 1. The summed E-state index contributed by atoms with van der Waals surface area (Å²) < 4.78 is 13.2. The first kappa shape index (κ1) is 11.9. The zero-order valence-electron chi connectivity index (χ0n) is 9.35. The number of halogens is 1. The lowest BCUT2D eigenvalue weighted by molar-refractivity contribution is 0.102. The predicted octanol–water partition coefficient (Wildman–Crippen LogP) is 2.37. The van der Waals surface area contributed by atoms with E-state index in [-0.39, 0.29) is 17.3 Å². The molecule has 0 aliphatic carbocycles. The number of hydrogen-bond acceptors (Lipinski definition) is 3. The SMILES string of the molecule is Nc1ccc(NC(=O)c2ccc(O)cc2)cc1F. The summed E-state index contributed by atoms with van der Waals surface area (Å²) in [4.78, 5) is 11.8. The summed E-state index contributed by atoms with van der Waals surface area (Å²) in [5.74, 6) is -0.900. The standard InChI is InChI=1S/C13H11FN2O2/c14-11-7-9(3-6-12(11)15)16-13(18)8-1-4-10(17)5-2-8/h1-7,17H,15H2,(H,16,18). The maximum absolute atomic E-state index is 13.2. The van der Waals surface area contributed by atoms with E-state index in [0.717, 1.165) is 6.07 Å². The van der Waals surface area contributed by atoms with E-state index in [2.05, 4.69) is 5.32 Å². The second-order valence-corrected chi connectivity index (χ2v) is 3.74. The number of carbonyl (C=O) groups excluding carboxylic acids is 1. The highest BCUT2D eigenvalue weighted by atomic mass is 19.1. The van der Waals surface area contributed by atoms with Gasteiger partial charge in [0.05, 0.1) is 5.69 Å². The maximum atomic E-state index is 13.2. The fourth-order valence-electron chi connectivity index (χ4n) is 1.42. The van der Waals surface area contributed by atoms with E-state index in [1.54, 1.807) is 0 Å². The number of amides is 1. The van der Waals surface area contributed by atoms with Crippen LogP contribution in [-0.4, -0.2) is 11.0 Å². The average Bonchev–Trinajstić information content (AvgIpc) is 2.34. The van der Waals surface area contributed by atoms with E-state index >= 15 is 0 Å². The average molecular weight is 246 g/mol. The van der Waals surface area contributed by atoms with Gasteiger partial charge in [-0.2, -0.15) is 0 Å². The van der Waals surface area contributed by atoms with E-state index in [9.17, 15) is 9.18 Å². The molecule has 4 nitrogen and oxygen atoms in total. The molecule has 0 saturated heterocycles. The van der Waals surface area contributed by atoms with Crippen molar-refractivity contribution in [2.45, 2.75) is 0 Å². The van der Waals surface area contributed by atoms with E-state index < -0.39 is 5.82 Å². The molecular weight excluding hydrogens is 235 g/mol. The minimum absolute atomic E-state index is 0.0256. The lowest BCUT2D eigenvalue weighted by Gasteiger charge is -2.06. The number of nitrogens with one attached hydrogen (secondary N) is 1. The molecule has 0 heterocycles. The number of hydrogen-bond donors (Lipinski definition) is 3. The Bertz CT molecular complexity index is 582. The molecule has 0 fully saturated rings. The van der Waals surface area contributed by atoms with Crippen molar-refractivity contribution >= 4 is 17.3 Å². The molecule has 0 bridgehead atoms. The summed E-state index contributed by atoms with van der Waals surface area (Å²) in [6.45, 7) is 0. The third-order valence-electron chi connectivity index (χ3n) is 2.39. The van der Waals surface area contributed by atoms with Gasteiger partial charge < -0.3 is 16.2 Å². The largest absolute Gasteiger partial charge is 0.508 e. The van der Waals surface area contributed by atoms with E-state index in [1.807, 2.05) is 0 Å². The molecule has 92 valence electrons. The molecule has 0 atom stereocenters. The van der Waals surface area contributed by atoms with E-state index in [4.69, 9.17) is 10.8 Å². The molecule has 0 aromatic heterocycles. The Balaban J connectivity index is 2.16. The fraction of sp³-hybridized carbons (Fsp3) is 0. The first-order chi connectivity index (χ1) is 8.56. The quantitative estimate of drug-likeness (QED) is 0.712. The van der Waals surface area contributed by atoms with Crippen LogP contribution in [0.25, 0.3) is 0 Å². The van der Waals surface area contributed by atoms with Crippen LogP contribution in [0.1, 0.15) is 10.4 Å². The summed E-state index contributed by atoms with van der Waals surface area (Å²) in [5.41, 5.74) is 6.04. The Morgan fingerprint density at radius 3 is 2.44 bits per heavy atom. The van der Waals surface area contributed by atoms with Gasteiger partial charge >= 0.3 is 0 Å². The maximum Gasteiger partial charge on any atom is 0.255 e. The highest BCUT2D eigenvalue weighted by Crippen LogP contribution is 2.17. The third kappa shape index (κ3) is 2.57. The van der Waals surface area contributed by atoms with Crippen LogP contribution in [0.5, 0.6) is 5.75 Å². The third-order valence-corrected chi connectivity index (χ3v) is 2.39. The molecule has 0 unspecified atom stereocenters. The minimum Gasteiger partial charge on any atom is -0.508 e. The Hall–Kier alpha value is -2.56.